The highest BCUT2D eigenvalue weighted by Crippen LogP contribution is 2.20. The highest BCUT2D eigenvalue weighted by atomic mass is 35.5. The van der Waals surface area contributed by atoms with Crippen molar-refractivity contribution in [3.8, 4) is 5.75 Å². The lowest BCUT2D eigenvalue weighted by molar-refractivity contribution is -0.141. The molecule has 33 heavy (non-hydrogen) atoms. The molecule has 1 aliphatic rings. The van der Waals surface area contributed by atoms with Gasteiger partial charge in [0.1, 0.15) is 11.8 Å². The van der Waals surface area contributed by atoms with E-state index < -0.39 is 6.04 Å². The normalized spacial score (nSPS) is 15.0. The smallest absolute Gasteiger partial charge is 0.242 e. The van der Waals surface area contributed by atoms with Crippen LogP contribution in [0.25, 0.3) is 0 Å². The number of benzene rings is 2. The van der Waals surface area contributed by atoms with E-state index in [2.05, 4.69) is 5.32 Å². The van der Waals surface area contributed by atoms with Crippen LogP contribution in [0.1, 0.15) is 63.0 Å². The highest BCUT2D eigenvalue weighted by molar-refractivity contribution is 6.30. The van der Waals surface area contributed by atoms with E-state index in [1.165, 1.54) is 6.42 Å². The first-order valence-electron chi connectivity index (χ1n) is 12.0. The molecule has 1 aliphatic carbocycles. The summed E-state index contributed by atoms with van der Waals surface area (Å²) in [5.41, 5.74) is 2.17. The fourth-order valence-corrected chi connectivity index (χ4v) is 4.34. The number of aryl methyl sites for hydroxylation is 1. The van der Waals surface area contributed by atoms with Gasteiger partial charge < -0.3 is 15.0 Å². The van der Waals surface area contributed by atoms with Crippen molar-refractivity contribution < 1.29 is 14.3 Å². The number of ether oxygens (including phenoxy) is 1. The van der Waals surface area contributed by atoms with E-state index in [9.17, 15) is 9.59 Å². The summed E-state index contributed by atoms with van der Waals surface area (Å²) in [5.74, 6) is 0.620. The minimum atomic E-state index is -0.531. The van der Waals surface area contributed by atoms with Gasteiger partial charge >= 0.3 is 0 Å². The van der Waals surface area contributed by atoms with Gasteiger partial charge in [0.05, 0.1) is 6.61 Å². The summed E-state index contributed by atoms with van der Waals surface area (Å²) in [6.07, 6.45) is 6.47. The van der Waals surface area contributed by atoms with Crippen molar-refractivity contribution in [2.24, 2.45) is 0 Å². The number of carbonyl (C=O) groups excluding carboxylic acids is 2. The molecule has 0 saturated heterocycles. The molecule has 1 fully saturated rings. The van der Waals surface area contributed by atoms with Gasteiger partial charge in [0.2, 0.25) is 11.8 Å². The Bertz CT molecular complexity index is 910. The molecule has 178 valence electrons. The third-order valence-corrected chi connectivity index (χ3v) is 6.59. The standard InChI is InChI=1S/C27H35ClN2O3/c1-20-9-6-7-10-22(20)19-30(21(2)27(32)29-24-11-4-3-5-12-24)26(31)13-8-18-33-25-16-14-23(28)15-17-25/h6-7,9-10,14-17,21,24H,3-5,8,11-13,18-19H2,1-2H3,(H,29,32)/t21-/m0/s1. The molecule has 0 aliphatic heterocycles. The van der Waals surface area contributed by atoms with Crippen LogP contribution in [0.2, 0.25) is 5.02 Å². The summed E-state index contributed by atoms with van der Waals surface area (Å²) < 4.78 is 5.73. The first-order valence-corrected chi connectivity index (χ1v) is 12.3. The van der Waals surface area contributed by atoms with Gasteiger partial charge in [-0.05, 0) is 68.5 Å². The van der Waals surface area contributed by atoms with Crippen molar-refractivity contribution in [3.05, 3.63) is 64.7 Å². The quantitative estimate of drug-likeness (QED) is 0.455. The van der Waals surface area contributed by atoms with Gasteiger partial charge in [0.25, 0.3) is 0 Å². The van der Waals surface area contributed by atoms with E-state index in [4.69, 9.17) is 16.3 Å². The third kappa shape index (κ3) is 7.78. The largest absolute Gasteiger partial charge is 0.494 e. The summed E-state index contributed by atoms with van der Waals surface area (Å²) >= 11 is 5.91. The van der Waals surface area contributed by atoms with Crippen molar-refractivity contribution in [3.63, 3.8) is 0 Å². The zero-order valence-electron chi connectivity index (χ0n) is 19.7. The van der Waals surface area contributed by atoms with Crippen LogP contribution in [-0.4, -0.2) is 35.4 Å². The maximum Gasteiger partial charge on any atom is 0.242 e. The summed E-state index contributed by atoms with van der Waals surface area (Å²) in [5, 5.41) is 3.84. The van der Waals surface area contributed by atoms with Gasteiger partial charge in [-0.1, -0.05) is 55.1 Å². The van der Waals surface area contributed by atoms with Crippen molar-refractivity contribution in [2.75, 3.05) is 6.61 Å². The second-order valence-corrected chi connectivity index (χ2v) is 9.31. The van der Waals surface area contributed by atoms with E-state index in [0.717, 1.165) is 42.6 Å². The summed E-state index contributed by atoms with van der Waals surface area (Å²) in [7, 11) is 0. The van der Waals surface area contributed by atoms with E-state index >= 15 is 0 Å². The Labute approximate surface area is 202 Å². The number of carbonyl (C=O) groups is 2. The fourth-order valence-electron chi connectivity index (χ4n) is 4.21. The topological polar surface area (TPSA) is 58.6 Å². The fraction of sp³-hybridized carbons (Fsp3) is 0.481. The Balaban J connectivity index is 1.60. The van der Waals surface area contributed by atoms with Gasteiger partial charge in [-0.2, -0.15) is 0 Å². The second kappa shape index (κ2) is 12.6. The lowest BCUT2D eigenvalue weighted by atomic mass is 9.95. The monoisotopic (exact) mass is 470 g/mol. The van der Waals surface area contributed by atoms with Gasteiger partial charge in [0, 0.05) is 24.0 Å². The number of hydrogen-bond acceptors (Lipinski definition) is 3. The summed E-state index contributed by atoms with van der Waals surface area (Å²) in [6, 6.07) is 14.9. The number of nitrogens with one attached hydrogen (secondary N) is 1. The predicted molar refractivity (Wildman–Crippen MR) is 132 cm³/mol. The average Bonchev–Trinajstić information content (AvgIpc) is 2.82. The molecule has 0 radical (unpaired) electrons. The number of nitrogens with zero attached hydrogens (tertiary/aromatic N) is 1. The minimum absolute atomic E-state index is 0.0377. The molecule has 1 saturated carbocycles. The Hall–Kier alpha value is -2.53. The van der Waals surface area contributed by atoms with Gasteiger partial charge in [-0.25, -0.2) is 0 Å². The second-order valence-electron chi connectivity index (χ2n) is 8.87. The molecule has 5 nitrogen and oxygen atoms in total. The van der Waals surface area contributed by atoms with Gasteiger partial charge in [-0.3, -0.25) is 9.59 Å². The molecular weight excluding hydrogens is 436 g/mol. The molecule has 2 amide bonds. The zero-order chi connectivity index (χ0) is 23.6. The van der Waals surface area contributed by atoms with Crippen LogP contribution in [0.15, 0.2) is 48.5 Å². The van der Waals surface area contributed by atoms with Crippen molar-refractivity contribution >= 4 is 23.4 Å². The maximum absolute atomic E-state index is 13.2. The first kappa shape index (κ1) is 25.1. The molecule has 0 unspecified atom stereocenters. The Morgan fingerprint density at radius 1 is 1.09 bits per heavy atom. The lowest BCUT2D eigenvalue weighted by Gasteiger charge is -2.31. The summed E-state index contributed by atoms with van der Waals surface area (Å²) in [6.45, 7) is 4.71. The van der Waals surface area contributed by atoms with E-state index in [1.54, 1.807) is 17.0 Å². The molecule has 0 aromatic heterocycles. The van der Waals surface area contributed by atoms with Crippen LogP contribution in [-0.2, 0) is 16.1 Å². The van der Waals surface area contributed by atoms with Crippen molar-refractivity contribution in [1.82, 2.24) is 10.2 Å². The molecule has 0 heterocycles. The average molecular weight is 471 g/mol. The lowest BCUT2D eigenvalue weighted by Crippen LogP contribution is -2.50. The predicted octanol–water partition coefficient (Wildman–Crippen LogP) is 5.67. The number of halogens is 1. The summed E-state index contributed by atoms with van der Waals surface area (Å²) in [4.78, 5) is 28.0. The Kier molecular flexibility index (Phi) is 9.61. The van der Waals surface area contributed by atoms with E-state index in [0.29, 0.717) is 31.0 Å². The molecule has 0 spiro atoms. The van der Waals surface area contributed by atoms with Crippen LogP contribution in [0.5, 0.6) is 5.75 Å². The zero-order valence-corrected chi connectivity index (χ0v) is 20.4. The molecule has 1 N–H and O–H groups in total. The Morgan fingerprint density at radius 3 is 2.48 bits per heavy atom. The van der Waals surface area contributed by atoms with Gasteiger partial charge in [-0.15, -0.1) is 0 Å². The van der Waals surface area contributed by atoms with E-state index in [1.807, 2.05) is 50.2 Å². The third-order valence-electron chi connectivity index (χ3n) is 6.34. The molecule has 3 rings (SSSR count). The first-order chi connectivity index (χ1) is 15.9. The van der Waals surface area contributed by atoms with Crippen LogP contribution in [0.3, 0.4) is 0 Å². The molecular formula is C27H35ClN2O3. The van der Waals surface area contributed by atoms with Crippen LogP contribution >= 0.6 is 11.6 Å². The molecule has 2 aromatic rings. The van der Waals surface area contributed by atoms with Gasteiger partial charge in [0.15, 0.2) is 0 Å². The number of amides is 2. The molecule has 0 bridgehead atoms. The van der Waals surface area contributed by atoms with Crippen molar-refractivity contribution in [2.45, 2.75) is 77.4 Å². The number of hydrogen-bond donors (Lipinski definition) is 1. The molecule has 2 aromatic carbocycles. The van der Waals surface area contributed by atoms with E-state index in [-0.39, 0.29) is 17.9 Å². The number of rotatable bonds is 10. The Morgan fingerprint density at radius 2 is 1.79 bits per heavy atom. The van der Waals surface area contributed by atoms with Crippen LogP contribution in [0, 0.1) is 6.92 Å². The maximum atomic E-state index is 13.2. The highest BCUT2D eigenvalue weighted by Gasteiger charge is 2.28. The molecule has 1 atom stereocenters. The molecule has 6 heteroatoms. The minimum Gasteiger partial charge on any atom is -0.494 e. The van der Waals surface area contributed by atoms with Crippen LogP contribution in [0.4, 0.5) is 0 Å². The van der Waals surface area contributed by atoms with Crippen LogP contribution < -0.4 is 10.1 Å². The van der Waals surface area contributed by atoms with Crippen molar-refractivity contribution in [1.29, 1.82) is 0 Å². The SMILES string of the molecule is Cc1ccccc1CN(C(=O)CCCOc1ccc(Cl)cc1)[C@@H](C)C(=O)NC1CCCCC1.